The zero-order chi connectivity index (χ0) is 9.97. The SMILES string of the molecule is Nc1cccnc1SC1CCCC1N. The van der Waals surface area contributed by atoms with Crippen molar-refractivity contribution in [1.29, 1.82) is 0 Å². The molecule has 1 heterocycles. The van der Waals surface area contributed by atoms with E-state index in [0.717, 1.165) is 17.1 Å². The second-order valence-electron chi connectivity index (χ2n) is 3.65. The average Bonchev–Trinajstić information content (AvgIpc) is 2.56. The Kier molecular flexibility index (Phi) is 2.93. The maximum atomic E-state index is 5.99. The van der Waals surface area contributed by atoms with E-state index >= 15 is 0 Å². The highest BCUT2D eigenvalue weighted by Gasteiger charge is 2.25. The lowest BCUT2D eigenvalue weighted by Crippen LogP contribution is -2.26. The first kappa shape index (κ1) is 9.80. The number of thioether (sulfide) groups is 1. The predicted molar refractivity (Wildman–Crippen MR) is 60.1 cm³/mol. The first-order chi connectivity index (χ1) is 6.77. The molecule has 1 aliphatic rings. The van der Waals surface area contributed by atoms with Crippen molar-refractivity contribution in [3.05, 3.63) is 18.3 Å². The molecule has 0 aromatic carbocycles. The minimum absolute atomic E-state index is 0.307. The Bertz CT molecular complexity index is 316. The third-order valence-corrected chi connectivity index (χ3v) is 4.02. The average molecular weight is 209 g/mol. The van der Waals surface area contributed by atoms with Crippen LogP contribution in [-0.4, -0.2) is 16.3 Å². The standard InChI is InChI=1S/C10H15N3S/c11-7-3-1-5-9(7)14-10-8(12)4-2-6-13-10/h2,4,6-7,9H,1,3,5,11-12H2. The number of pyridine rings is 1. The monoisotopic (exact) mass is 209 g/mol. The molecule has 2 rings (SSSR count). The van der Waals surface area contributed by atoms with E-state index in [9.17, 15) is 0 Å². The van der Waals surface area contributed by atoms with Gasteiger partial charge in [-0.1, -0.05) is 18.2 Å². The van der Waals surface area contributed by atoms with Gasteiger partial charge in [0.05, 0.1) is 5.69 Å². The number of aromatic nitrogens is 1. The van der Waals surface area contributed by atoms with Crippen LogP contribution in [0.5, 0.6) is 0 Å². The summed E-state index contributed by atoms with van der Waals surface area (Å²) in [6, 6.07) is 4.05. The second kappa shape index (κ2) is 4.19. The Morgan fingerprint density at radius 3 is 2.93 bits per heavy atom. The molecule has 4 heteroatoms. The Morgan fingerprint density at radius 1 is 1.43 bits per heavy atom. The van der Waals surface area contributed by atoms with Crippen molar-refractivity contribution in [2.45, 2.75) is 35.6 Å². The summed E-state index contributed by atoms with van der Waals surface area (Å²) >= 11 is 1.72. The molecule has 2 unspecified atom stereocenters. The third-order valence-electron chi connectivity index (χ3n) is 2.57. The molecule has 4 N–H and O–H groups in total. The van der Waals surface area contributed by atoms with Crippen LogP contribution in [0.1, 0.15) is 19.3 Å². The molecule has 0 aliphatic heterocycles. The molecule has 2 atom stereocenters. The van der Waals surface area contributed by atoms with Crippen molar-refractivity contribution in [1.82, 2.24) is 4.98 Å². The lowest BCUT2D eigenvalue weighted by molar-refractivity contribution is 0.715. The van der Waals surface area contributed by atoms with E-state index in [1.807, 2.05) is 12.1 Å². The van der Waals surface area contributed by atoms with E-state index in [1.54, 1.807) is 18.0 Å². The number of nitrogens with zero attached hydrogens (tertiary/aromatic N) is 1. The summed E-state index contributed by atoms with van der Waals surface area (Å²) < 4.78 is 0. The molecule has 0 bridgehead atoms. The van der Waals surface area contributed by atoms with Crippen molar-refractivity contribution in [3.8, 4) is 0 Å². The van der Waals surface area contributed by atoms with E-state index in [1.165, 1.54) is 12.8 Å². The van der Waals surface area contributed by atoms with E-state index in [2.05, 4.69) is 4.98 Å². The Hall–Kier alpha value is -0.740. The fourth-order valence-electron chi connectivity index (χ4n) is 1.75. The van der Waals surface area contributed by atoms with Crippen molar-refractivity contribution >= 4 is 17.4 Å². The molecule has 3 nitrogen and oxygen atoms in total. The molecule has 76 valence electrons. The predicted octanol–water partition coefficient (Wildman–Crippen LogP) is 1.64. The van der Waals surface area contributed by atoms with Crippen LogP contribution in [-0.2, 0) is 0 Å². The van der Waals surface area contributed by atoms with Gasteiger partial charge in [-0.3, -0.25) is 0 Å². The molecule has 0 saturated heterocycles. The maximum absolute atomic E-state index is 5.99. The van der Waals surface area contributed by atoms with Crippen LogP contribution in [0.4, 0.5) is 5.69 Å². The first-order valence-electron chi connectivity index (χ1n) is 4.90. The molecule has 1 aliphatic carbocycles. The number of hydrogen-bond acceptors (Lipinski definition) is 4. The lowest BCUT2D eigenvalue weighted by atomic mass is 10.3. The van der Waals surface area contributed by atoms with Crippen molar-refractivity contribution in [3.63, 3.8) is 0 Å². The van der Waals surface area contributed by atoms with Crippen molar-refractivity contribution in [2.75, 3.05) is 5.73 Å². The highest BCUT2D eigenvalue weighted by Crippen LogP contribution is 2.35. The van der Waals surface area contributed by atoms with Crippen molar-refractivity contribution < 1.29 is 0 Å². The summed E-state index contributed by atoms with van der Waals surface area (Å²) in [6.45, 7) is 0. The molecule has 0 radical (unpaired) electrons. The van der Waals surface area contributed by atoms with Gasteiger partial charge in [-0.05, 0) is 25.0 Å². The van der Waals surface area contributed by atoms with Gasteiger partial charge in [0.15, 0.2) is 0 Å². The summed E-state index contributed by atoms with van der Waals surface area (Å²) in [5.74, 6) is 0. The van der Waals surface area contributed by atoms with Gasteiger partial charge in [-0.25, -0.2) is 4.98 Å². The minimum atomic E-state index is 0.307. The number of nitrogen functional groups attached to an aromatic ring is 1. The molecule has 1 aromatic heterocycles. The van der Waals surface area contributed by atoms with Crippen LogP contribution in [0, 0.1) is 0 Å². The van der Waals surface area contributed by atoms with Gasteiger partial charge in [-0.2, -0.15) is 0 Å². The Balaban J connectivity index is 2.07. The summed E-state index contributed by atoms with van der Waals surface area (Å²) in [7, 11) is 0. The Morgan fingerprint density at radius 2 is 2.29 bits per heavy atom. The molecule has 0 amide bonds. The van der Waals surface area contributed by atoms with Crippen molar-refractivity contribution in [2.24, 2.45) is 5.73 Å². The van der Waals surface area contributed by atoms with E-state index in [4.69, 9.17) is 11.5 Å². The molecule has 1 fully saturated rings. The van der Waals surface area contributed by atoms with Crippen LogP contribution in [0.3, 0.4) is 0 Å². The minimum Gasteiger partial charge on any atom is -0.397 e. The van der Waals surface area contributed by atoms with Gasteiger partial charge >= 0.3 is 0 Å². The van der Waals surface area contributed by atoms with E-state index in [0.29, 0.717) is 11.3 Å². The Labute approximate surface area is 88.3 Å². The highest BCUT2D eigenvalue weighted by atomic mass is 32.2. The highest BCUT2D eigenvalue weighted by molar-refractivity contribution is 8.00. The topological polar surface area (TPSA) is 64.9 Å². The van der Waals surface area contributed by atoms with Gasteiger partial charge < -0.3 is 11.5 Å². The molecular formula is C10H15N3S. The van der Waals surface area contributed by atoms with E-state index in [-0.39, 0.29) is 0 Å². The van der Waals surface area contributed by atoms with Gasteiger partial charge in [0, 0.05) is 17.5 Å². The van der Waals surface area contributed by atoms with Gasteiger partial charge in [0.25, 0.3) is 0 Å². The molecule has 0 spiro atoms. The summed E-state index contributed by atoms with van der Waals surface area (Å²) in [5.41, 5.74) is 12.6. The quantitative estimate of drug-likeness (QED) is 0.777. The summed E-state index contributed by atoms with van der Waals surface area (Å²) in [4.78, 5) is 4.26. The normalized spacial score (nSPS) is 26.6. The second-order valence-corrected chi connectivity index (χ2v) is 4.88. The van der Waals surface area contributed by atoms with E-state index < -0.39 is 0 Å². The van der Waals surface area contributed by atoms with Gasteiger partial charge in [0.2, 0.25) is 0 Å². The third kappa shape index (κ3) is 2.01. The maximum Gasteiger partial charge on any atom is 0.119 e. The van der Waals surface area contributed by atoms with Crippen LogP contribution in [0.25, 0.3) is 0 Å². The molecule has 1 aromatic rings. The zero-order valence-corrected chi connectivity index (χ0v) is 8.83. The number of rotatable bonds is 2. The number of nitrogens with two attached hydrogens (primary N) is 2. The fraction of sp³-hybridized carbons (Fsp3) is 0.500. The van der Waals surface area contributed by atoms with Crippen LogP contribution < -0.4 is 11.5 Å². The molecule has 1 saturated carbocycles. The van der Waals surface area contributed by atoms with Gasteiger partial charge in [-0.15, -0.1) is 0 Å². The van der Waals surface area contributed by atoms with Crippen LogP contribution >= 0.6 is 11.8 Å². The van der Waals surface area contributed by atoms with Gasteiger partial charge in [0.1, 0.15) is 5.03 Å². The van der Waals surface area contributed by atoms with Crippen LogP contribution in [0.15, 0.2) is 23.4 Å². The van der Waals surface area contributed by atoms with Crippen LogP contribution in [0.2, 0.25) is 0 Å². The molecule has 14 heavy (non-hydrogen) atoms. The molecular weight excluding hydrogens is 194 g/mol. The number of hydrogen-bond donors (Lipinski definition) is 2. The summed E-state index contributed by atoms with van der Waals surface area (Å²) in [6.07, 6.45) is 5.32. The fourth-order valence-corrected chi connectivity index (χ4v) is 2.95. The lowest BCUT2D eigenvalue weighted by Gasteiger charge is -2.14. The first-order valence-corrected chi connectivity index (χ1v) is 5.78. The summed E-state index contributed by atoms with van der Waals surface area (Å²) in [5, 5.41) is 1.42. The number of anilines is 1. The zero-order valence-electron chi connectivity index (χ0n) is 8.02. The largest absolute Gasteiger partial charge is 0.397 e. The smallest absolute Gasteiger partial charge is 0.119 e.